The summed E-state index contributed by atoms with van der Waals surface area (Å²) >= 11 is 0. The van der Waals surface area contributed by atoms with E-state index in [1.54, 1.807) is 12.1 Å². The normalized spacial score (nSPS) is 22.9. The second-order valence-corrected chi connectivity index (χ2v) is 6.09. The van der Waals surface area contributed by atoms with E-state index in [2.05, 4.69) is 4.74 Å². The number of alkyl halides is 2. The summed E-state index contributed by atoms with van der Waals surface area (Å²) < 4.78 is 28.6. The summed E-state index contributed by atoms with van der Waals surface area (Å²) in [6.45, 7) is -2.14. The van der Waals surface area contributed by atoms with E-state index in [-0.39, 0.29) is 11.2 Å². The largest absolute Gasteiger partial charge is 0.435 e. The molecule has 0 atom stereocenters. The molecule has 0 bridgehead atoms. The third-order valence-corrected chi connectivity index (χ3v) is 4.92. The number of hydrogen-bond donors (Lipinski definition) is 1. The van der Waals surface area contributed by atoms with Gasteiger partial charge in [-0.15, -0.1) is 0 Å². The molecule has 2 saturated carbocycles. The summed E-state index contributed by atoms with van der Waals surface area (Å²) in [5, 5.41) is 0. The average Bonchev–Trinajstić information content (AvgIpc) is 2.28. The highest BCUT2D eigenvalue weighted by atomic mass is 19.3. The first kappa shape index (κ1) is 12.9. The van der Waals surface area contributed by atoms with Gasteiger partial charge in [-0.3, -0.25) is 0 Å². The Morgan fingerprint density at radius 3 is 2.21 bits per heavy atom. The van der Waals surface area contributed by atoms with Crippen molar-refractivity contribution in [1.82, 2.24) is 0 Å². The van der Waals surface area contributed by atoms with Gasteiger partial charge in [0.2, 0.25) is 0 Å². The van der Waals surface area contributed by atoms with Crippen molar-refractivity contribution in [3.63, 3.8) is 0 Å². The second-order valence-electron chi connectivity index (χ2n) is 6.09. The molecule has 2 nitrogen and oxygen atoms in total. The SMILES string of the molecule is NCC1(c2ccc(OC(F)F)cc2)CC2(CCC2)C1. The molecule has 0 heterocycles. The second kappa shape index (κ2) is 4.44. The van der Waals surface area contributed by atoms with Gasteiger partial charge in [-0.25, -0.2) is 0 Å². The minimum atomic E-state index is -2.77. The van der Waals surface area contributed by atoms with Crippen molar-refractivity contribution in [3.05, 3.63) is 29.8 Å². The van der Waals surface area contributed by atoms with Gasteiger partial charge in [-0.1, -0.05) is 18.6 Å². The Kier molecular flexibility index (Phi) is 3.01. The van der Waals surface area contributed by atoms with Gasteiger partial charge in [0.1, 0.15) is 5.75 Å². The maximum Gasteiger partial charge on any atom is 0.387 e. The monoisotopic (exact) mass is 267 g/mol. The van der Waals surface area contributed by atoms with Crippen LogP contribution in [0.15, 0.2) is 24.3 Å². The van der Waals surface area contributed by atoms with E-state index in [9.17, 15) is 8.78 Å². The van der Waals surface area contributed by atoms with Crippen LogP contribution in [-0.2, 0) is 5.41 Å². The summed E-state index contributed by atoms with van der Waals surface area (Å²) in [7, 11) is 0. The van der Waals surface area contributed by atoms with Crippen LogP contribution in [0.5, 0.6) is 5.75 Å². The fourth-order valence-electron chi connectivity index (χ4n) is 3.87. The lowest BCUT2D eigenvalue weighted by molar-refractivity contribution is -0.0503. The Bertz CT molecular complexity index is 446. The van der Waals surface area contributed by atoms with Crippen LogP contribution < -0.4 is 10.5 Å². The molecule has 1 aromatic carbocycles. The zero-order valence-electron chi connectivity index (χ0n) is 10.9. The van der Waals surface area contributed by atoms with Crippen LogP contribution in [0.4, 0.5) is 8.78 Å². The van der Waals surface area contributed by atoms with Gasteiger partial charge in [0.25, 0.3) is 0 Å². The summed E-state index contributed by atoms with van der Waals surface area (Å²) in [5.41, 5.74) is 7.73. The first-order valence-corrected chi connectivity index (χ1v) is 6.83. The third kappa shape index (κ3) is 2.12. The van der Waals surface area contributed by atoms with Crippen molar-refractivity contribution in [2.45, 2.75) is 44.1 Å². The quantitative estimate of drug-likeness (QED) is 0.906. The average molecular weight is 267 g/mol. The van der Waals surface area contributed by atoms with Gasteiger partial charge in [0.05, 0.1) is 0 Å². The minimum Gasteiger partial charge on any atom is -0.435 e. The molecule has 0 aliphatic heterocycles. The number of hydrogen-bond acceptors (Lipinski definition) is 2. The lowest BCUT2D eigenvalue weighted by Crippen LogP contribution is -2.56. The van der Waals surface area contributed by atoms with E-state index in [0.717, 1.165) is 18.4 Å². The highest BCUT2D eigenvalue weighted by molar-refractivity contribution is 5.36. The van der Waals surface area contributed by atoms with E-state index >= 15 is 0 Å². The van der Waals surface area contributed by atoms with Crippen LogP contribution in [0.3, 0.4) is 0 Å². The molecule has 2 fully saturated rings. The van der Waals surface area contributed by atoms with Crippen LogP contribution >= 0.6 is 0 Å². The van der Waals surface area contributed by atoms with Crippen LogP contribution in [0.25, 0.3) is 0 Å². The first-order chi connectivity index (χ1) is 9.07. The molecule has 0 amide bonds. The number of benzene rings is 1. The molecule has 1 aromatic rings. The molecular weight excluding hydrogens is 248 g/mol. The molecule has 0 unspecified atom stereocenters. The Labute approximate surface area is 111 Å². The van der Waals surface area contributed by atoms with Gasteiger partial charge in [-0.2, -0.15) is 8.78 Å². The third-order valence-electron chi connectivity index (χ3n) is 4.92. The topological polar surface area (TPSA) is 35.2 Å². The van der Waals surface area contributed by atoms with E-state index < -0.39 is 6.61 Å². The lowest BCUT2D eigenvalue weighted by atomic mass is 9.44. The molecule has 4 heteroatoms. The maximum atomic E-state index is 12.1. The van der Waals surface area contributed by atoms with Gasteiger partial charge >= 0.3 is 6.61 Å². The van der Waals surface area contributed by atoms with Gasteiger partial charge in [-0.05, 0) is 48.8 Å². The fraction of sp³-hybridized carbons (Fsp3) is 0.600. The van der Waals surface area contributed by atoms with Gasteiger partial charge < -0.3 is 10.5 Å². The summed E-state index contributed by atoms with van der Waals surface area (Å²) in [5.74, 6) is 0.212. The van der Waals surface area contributed by atoms with Crippen molar-refractivity contribution in [1.29, 1.82) is 0 Å². The molecule has 2 aliphatic carbocycles. The van der Waals surface area contributed by atoms with Crippen LogP contribution in [-0.4, -0.2) is 13.2 Å². The Balaban J connectivity index is 1.74. The number of halogens is 2. The van der Waals surface area contributed by atoms with Crippen molar-refractivity contribution >= 4 is 0 Å². The summed E-state index contributed by atoms with van der Waals surface area (Å²) in [4.78, 5) is 0. The molecule has 0 radical (unpaired) electrons. The Morgan fingerprint density at radius 2 is 1.79 bits per heavy atom. The molecule has 0 saturated heterocycles. The maximum absolute atomic E-state index is 12.1. The highest BCUT2D eigenvalue weighted by Crippen LogP contribution is 2.64. The summed E-state index contributed by atoms with van der Waals surface area (Å²) in [6.07, 6.45) is 6.27. The predicted molar refractivity (Wildman–Crippen MR) is 69.3 cm³/mol. The van der Waals surface area contributed by atoms with Crippen molar-refractivity contribution < 1.29 is 13.5 Å². The molecule has 104 valence electrons. The molecule has 0 aromatic heterocycles. The molecule has 2 aliphatic rings. The first-order valence-electron chi connectivity index (χ1n) is 6.83. The number of nitrogens with two attached hydrogens (primary N) is 1. The van der Waals surface area contributed by atoms with Crippen LogP contribution in [0.2, 0.25) is 0 Å². The van der Waals surface area contributed by atoms with E-state index in [0.29, 0.717) is 12.0 Å². The fourth-order valence-corrected chi connectivity index (χ4v) is 3.87. The minimum absolute atomic E-state index is 0.0593. The zero-order valence-corrected chi connectivity index (χ0v) is 10.9. The van der Waals surface area contributed by atoms with E-state index in [1.165, 1.54) is 19.3 Å². The Hall–Kier alpha value is -1.16. The molecule has 19 heavy (non-hydrogen) atoms. The number of ether oxygens (including phenoxy) is 1. The van der Waals surface area contributed by atoms with Crippen molar-refractivity contribution in [3.8, 4) is 5.75 Å². The lowest BCUT2D eigenvalue weighted by Gasteiger charge is -2.61. The molecule has 2 N–H and O–H groups in total. The molecular formula is C15H19F2NO. The van der Waals surface area contributed by atoms with E-state index in [1.807, 2.05) is 12.1 Å². The van der Waals surface area contributed by atoms with E-state index in [4.69, 9.17) is 5.73 Å². The van der Waals surface area contributed by atoms with Gasteiger partial charge in [0.15, 0.2) is 0 Å². The predicted octanol–water partition coefficient (Wildman–Crippen LogP) is 3.45. The Morgan fingerprint density at radius 1 is 1.16 bits per heavy atom. The highest BCUT2D eigenvalue weighted by Gasteiger charge is 2.56. The molecule has 3 rings (SSSR count). The number of rotatable bonds is 4. The van der Waals surface area contributed by atoms with Gasteiger partial charge in [0, 0.05) is 12.0 Å². The summed E-state index contributed by atoms with van der Waals surface area (Å²) in [6, 6.07) is 7.00. The zero-order chi connectivity index (χ0) is 13.5. The van der Waals surface area contributed by atoms with Crippen molar-refractivity contribution in [2.75, 3.05) is 6.54 Å². The van der Waals surface area contributed by atoms with Crippen molar-refractivity contribution in [2.24, 2.45) is 11.1 Å². The molecule has 1 spiro atoms. The standard InChI is InChI=1S/C15H19F2NO/c16-13(17)19-12-4-2-11(3-5-12)15(10-18)8-14(9-15)6-1-7-14/h2-5,13H,1,6-10,18H2. The van der Waals surface area contributed by atoms with Crippen LogP contribution in [0, 0.1) is 5.41 Å². The van der Waals surface area contributed by atoms with Crippen LogP contribution in [0.1, 0.15) is 37.7 Å². The smallest absolute Gasteiger partial charge is 0.387 e.